The molecule has 144 valence electrons. The molecule has 0 aliphatic heterocycles. The molecule has 0 fully saturated rings. The monoisotopic (exact) mass is 368 g/mol. The molecule has 5 nitrogen and oxygen atoms in total. The third-order valence-electron chi connectivity index (χ3n) is 4.26. The van der Waals surface area contributed by atoms with Crippen molar-refractivity contribution in [3.63, 3.8) is 0 Å². The van der Waals surface area contributed by atoms with Gasteiger partial charge < -0.3 is 10.1 Å². The van der Waals surface area contributed by atoms with Gasteiger partial charge in [-0.3, -0.25) is 14.5 Å². The average Bonchev–Trinajstić information content (AvgIpc) is 2.60. The van der Waals surface area contributed by atoms with Crippen LogP contribution in [0.3, 0.4) is 0 Å². The van der Waals surface area contributed by atoms with Crippen LogP contribution in [0.15, 0.2) is 48.5 Å². The van der Waals surface area contributed by atoms with E-state index in [1.54, 1.807) is 0 Å². The number of hydrogen-bond acceptors (Lipinski definition) is 4. The lowest BCUT2D eigenvalue weighted by Crippen LogP contribution is -2.37. The second-order valence-corrected chi connectivity index (χ2v) is 7.00. The first-order valence-electron chi connectivity index (χ1n) is 9.09. The predicted molar refractivity (Wildman–Crippen MR) is 107 cm³/mol. The molecule has 0 bridgehead atoms. The first kappa shape index (κ1) is 20.6. The Kier molecular flexibility index (Phi) is 7.55. The third kappa shape index (κ3) is 6.87. The molecule has 2 aromatic rings. The lowest BCUT2D eigenvalue weighted by molar-refractivity contribution is -0.145. The smallest absolute Gasteiger partial charge is 0.309 e. The van der Waals surface area contributed by atoms with Gasteiger partial charge in [-0.1, -0.05) is 43.3 Å². The number of amides is 1. The fourth-order valence-corrected chi connectivity index (χ4v) is 3.14. The molecule has 0 aliphatic carbocycles. The molecular formula is C22H28N2O3. The van der Waals surface area contributed by atoms with Gasteiger partial charge in [0.1, 0.15) is 0 Å². The van der Waals surface area contributed by atoms with Gasteiger partial charge in [0.15, 0.2) is 0 Å². The van der Waals surface area contributed by atoms with Crippen LogP contribution in [-0.4, -0.2) is 37.0 Å². The maximum Gasteiger partial charge on any atom is 0.309 e. The van der Waals surface area contributed by atoms with Crippen LogP contribution in [0.25, 0.3) is 0 Å². The summed E-state index contributed by atoms with van der Waals surface area (Å²) in [5, 5.41) is 2.96. The quantitative estimate of drug-likeness (QED) is 0.724. The van der Waals surface area contributed by atoms with Gasteiger partial charge >= 0.3 is 5.97 Å². The number of hydrogen-bond donors (Lipinski definition) is 1. The summed E-state index contributed by atoms with van der Waals surface area (Å²) in [6.45, 7) is 7.05. The SMILES string of the molecule is COC(=O)C(C)CN(CC(=O)Nc1cc(C)cc(C)c1)Cc1ccccc1. The topological polar surface area (TPSA) is 58.6 Å². The van der Waals surface area contributed by atoms with E-state index in [2.05, 4.69) is 11.4 Å². The van der Waals surface area contributed by atoms with E-state index in [1.807, 2.05) is 68.1 Å². The minimum atomic E-state index is -0.312. The first-order chi connectivity index (χ1) is 12.9. The lowest BCUT2D eigenvalue weighted by Gasteiger charge is -2.24. The number of esters is 1. The molecule has 1 N–H and O–H groups in total. The van der Waals surface area contributed by atoms with Crippen molar-refractivity contribution in [2.75, 3.05) is 25.5 Å². The van der Waals surface area contributed by atoms with Crippen molar-refractivity contribution in [2.24, 2.45) is 5.92 Å². The number of anilines is 1. The standard InChI is InChI=1S/C22H28N2O3/c1-16-10-17(2)12-20(11-16)23-21(25)15-24(13-18(3)22(26)27-4)14-19-8-6-5-7-9-19/h5-12,18H,13-15H2,1-4H3,(H,23,25). The molecule has 1 amide bonds. The minimum absolute atomic E-state index is 0.104. The molecule has 0 aliphatic rings. The van der Waals surface area contributed by atoms with Crippen LogP contribution in [0.2, 0.25) is 0 Å². The highest BCUT2D eigenvalue weighted by atomic mass is 16.5. The molecule has 1 atom stereocenters. The summed E-state index contributed by atoms with van der Waals surface area (Å²) >= 11 is 0. The van der Waals surface area contributed by atoms with E-state index in [0.717, 1.165) is 22.4 Å². The maximum atomic E-state index is 12.6. The van der Waals surface area contributed by atoms with Crippen LogP contribution in [0.1, 0.15) is 23.6 Å². The molecule has 0 radical (unpaired) electrons. The number of ether oxygens (including phenoxy) is 1. The highest BCUT2D eigenvalue weighted by Gasteiger charge is 2.20. The number of methoxy groups -OCH3 is 1. The molecular weight excluding hydrogens is 340 g/mol. The lowest BCUT2D eigenvalue weighted by atomic mass is 10.1. The fourth-order valence-electron chi connectivity index (χ4n) is 3.14. The van der Waals surface area contributed by atoms with Crippen molar-refractivity contribution in [1.82, 2.24) is 4.90 Å². The van der Waals surface area contributed by atoms with Gasteiger partial charge in [0.05, 0.1) is 19.6 Å². The molecule has 2 aromatic carbocycles. The van der Waals surface area contributed by atoms with Crippen molar-refractivity contribution < 1.29 is 14.3 Å². The maximum absolute atomic E-state index is 12.6. The summed E-state index contributed by atoms with van der Waals surface area (Å²) in [5.41, 5.74) is 4.09. The van der Waals surface area contributed by atoms with Crippen LogP contribution >= 0.6 is 0 Å². The summed E-state index contributed by atoms with van der Waals surface area (Å²) in [4.78, 5) is 26.4. The Labute approximate surface area is 161 Å². The van der Waals surface area contributed by atoms with E-state index < -0.39 is 0 Å². The summed E-state index contributed by atoms with van der Waals surface area (Å²) in [6.07, 6.45) is 0. The van der Waals surface area contributed by atoms with Crippen molar-refractivity contribution in [3.8, 4) is 0 Å². The van der Waals surface area contributed by atoms with E-state index in [1.165, 1.54) is 7.11 Å². The van der Waals surface area contributed by atoms with Gasteiger partial charge in [-0.05, 0) is 42.7 Å². The summed E-state index contributed by atoms with van der Waals surface area (Å²) in [7, 11) is 1.38. The van der Waals surface area contributed by atoms with Crippen LogP contribution < -0.4 is 5.32 Å². The highest BCUT2D eigenvalue weighted by molar-refractivity contribution is 5.92. The van der Waals surface area contributed by atoms with E-state index in [9.17, 15) is 9.59 Å². The molecule has 0 saturated carbocycles. The summed E-state index contributed by atoms with van der Waals surface area (Å²) in [6, 6.07) is 15.9. The van der Waals surface area contributed by atoms with Gasteiger partial charge in [-0.15, -0.1) is 0 Å². The average molecular weight is 368 g/mol. The van der Waals surface area contributed by atoms with Crippen LogP contribution in [0, 0.1) is 19.8 Å². The number of benzene rings is 2. The van der Waals surface area contributed by atoms with Gasteiger partial charge in [0.25, 0.3) is 0 Å². The molecule has 5 heteroatoms. The predicted octanol–water partition coefficient (Wildman–Crippen LogP) is 3.55. The van der Waals surface area contributed by atoms with Crippen molar-refractivity contribution >= 4 is 17.6 Å². The van der Waals surface area contributed by atoms with E-state index in [-0.39, 0.29) is 24.3 Å². The van der Waals surface area contributed by atoms with Gasteiger partial charge in [-0.25, -0.2) is 0 Å². The van der Waals surface area contributed by atoms with E-state index in [4.69, 9.17) is 4.74 Å². The van der Waals surface area contributed by atoms with Crippen molar-refractivity contribution in [2.45, 2.75) is 27.3 Å². The highest BCUT2D eigenvalue weighted by Crippen LogP contribution is 2.14. The number of nitrogens with zero attached hydrogens (tertiary/aromatic N) is 1. The third-order valence-corrected chi connectivity index (χ3v) is 4.26. The molecule has 27 heavy (non-hydrogen) atoms. The van der Waals surface area contributed by atoms with Gasteiger partial charge in [-0.2, -0.15) is 0 Å². The minimum Gasteiger partial charge on any atom is -0.469 e. The zero-order valence-corrected chi connectivity index (χ0v) is 16.5. The zero-order valence-electron chi connectivity index (χ0n) is 16.5. The molecule has 0 spiro atoms. The Hall–Kier alpha value is -2.66. The number of aryl methyl sites for hydroxylation is 2. The Morgan fingerprint density at radius 1 is 1.07 bits per heavy atom. The van der Waals surface area contributed by atoms with E-state index >= 15 is 0 Å². The fraction of sp³-hybridized carbons (Fsp3) is 0.364. The number of carbonyl (C=O) groups is 2. The first-order valence-corrected chi connectivity index (χ1v) is 9.09. The Balaban J connectivity index is 2.07. The second-order valence-electron chi connectivity index (χ2n) is 7.00. The Morgan fingerprint density at radius 3 is 2.30 bits per heavy atom. The van der Waals surface area contributed by atoms with Crippen LogP contribution in [0.4, 0.5) is 5.69 Å². The number of nitrogens with one attached hydrogen (secondary N) is 1. The van der Waals surface area contributed by atoms with Crippen LogP contribution in [-0.2, 0) is 20.9 Å². The molecule has 0 saturated heterocycles. The molecule has 1 unspecified atom stereocenters. The number of carbonyl (C=O) groups excluding carboxylic acids is 2. The molecule has 0 heterocycles. The largest absolute Gasteiger partial charge is 0.469 e. The van der Waals surface area contributed by atoms with Crippen LogP contribution in [0.5, 0.6) is 0 Å². The molecule has 0 aromatic heterocycles. The Bertz CT molecular complexity index is 754. The second kappa shape index (κ2) is 9.88. The number of rotatable bonds is 8. The van der Waals surface area contributed by atoms with Gasteiger partial charge in [0, 0.05) is 18.8 Å². The normalized spacial score (nSPS) is 11.9. The molecule has 2 rings (SSSR count). The summed E-state index contributed by atoms with van der Waals surface area (Å²) < 4.78 is 4.82. The van der Waals surface area contributed by atoms with E-state index in [0.29, 0.717) is 13.1 Å². The van der Waals surface area contributed by atoms with Crippen molar-refractivity contribution in [3.05, 3.63) is 65.2 Å². The zero-order chi connectivity index (χ0) is 19.8. The van der Waals surface area contributed by atoms with Gasteiger partial charge in [0.2, 0.25) is 5.91 Å². The Morgan fingerprint density at radius 2 is 1.70 bits per heavy atom. The summed E-state index contributed by atoms with van der Waals surface area (Å²) in [5.74, 6) is -0.691. The van der Waals surface area contributed by atoms with Crippen molar-refractivity contribution in [1.29, 1.82) is 0 Å².